The van der Waals surface area contributed by atoms with Crippen molar-refractivity contribution in [1.29, 1.82) is 0 Å². The molecule has 28 heavy (non-hydrogen) atoms. The van der Waals surface area contributed by atoms with Crippen molar-refractivity contribution in [3.63, 3.8) is 0 Å². The van der Waals surface area contributed by atoms with Crippen LogP contribution in [0.5, 0.6) is 0 Å². The largest absolute Gasteiger partial charge is 0.393 e. The Morgan fingerprint density at radius 2 is 1.46 bits per heavy atom. The summed E-state index contributed by atoms with van der Waals surface area (Å²) >= 11 is 0. The highest BCUT2D eigenvalue weighted by molar-refractivity contribution is 7.07. The van der Waals surface area contributed by atoms with Crippen LogP contribution in [0.2, 0.25) is 5.04 Å². The van der Waals surface area contributed by atoms with E-state index in [4.69, 9.17) is 0 Å². The van der Waals surface area contributed by atoms with Crippen molar-refractivity contribution in [3.05, 3.63) is 71.9 Å². The minimum absolute atomic E-state index is 0.120. The van der Waals surface area contributed by atoms with Crippen molar-refractivity contribution in [2.24, 2.45) is 11.8 Å². The van der Waals surface area contributed by atoms with Crippen LogP contribution in [0.3, 0.4) is 0 Å². The molecule has 0 bridgehead atoms. The first-order valence-corrected chi connectivity index (χ1v) is 12.9. The zero-order valence-corrected chi connectivity index (χ0v) is 19.2. The van der Waals surface area contributed by atoms with Gasteiger partial charge < -0.3 is 5.11 Å². The van der Waals surface area contributed by atoms with Crippen LogP contribution in [0, 0.1) is 11.8 Å². The molecule has 1 nitrogen and oxygen atoms in total. The molecule has 0 spiro atoms. The fraction of sp³-hybridized carbons (Fsp3) is 0.462. The Morgan fingerprint density at radius 1 is 0.964 bits per heavy atom. The molecule has 2 aromatic rings. The van der Waals surface area contributed by atoms with E-state index in [0.717, 1.165) is 19.3 Å². The summed E-state index contributed by atoms with van der Waals surface area (Å²) in [7, 11) is -2.21. The van der Waals surface area contributed by atoms with Crippen LogP contribution in [-0.2, 0) is 0 Å². The van der Waals surface area contributed by atoms with Crippen molar-refractivity contribution >= 4 is 18.4 Å². The molecular weight excluding hydrogens is 356 g/mol. The van der Waals surface area contributed by atoms with Gasteiger partial charge in [-0.25, -0.2) is 0 Å². The molecule has 1 aliphatic rings. The maximum Gasteiger partial charge on any atom is 0.146 e. The Bertz CT molecular complexity index is 749. The van der Waals surface area contributed by atoms with Gasteiger partial charge in [0.15, 0.2) is 0 Å². The second-order valence-corrected chi connectivity index (χ2v) is 14.1. The molecule has 150 valence electrons. The standard InChI is InChI=1S/C26H36OSi/c1-6-21-17-20(2)22(18-25(21)27)19-28(26(3,4)5,23-13-9-7-10-14-23)24-15-11-8-12-16-24/h7-16,19-21,25,27H,6,17-18H2,1-5H3/b22-19+/t20-,21-,25-/m1/s1. The maximum atomic E-state index is 10.8. The number of hydrogen-bond acceptors (Lipinski definition) is 1. The van der Waals surface area contributed by atoms with E-state index in [0.29, 0.717) is 11.8 Å². The van der Waals surface area contributed by atoms with Crippen LogP contribution in [0.25, 0.3) is 0 Å². The number of aliphatic hydroxyl groups excluding tert-OH is 1. The third-order valence-electron chi connectivity index (χ3n) is 6.85. The lowest BCUT2D eigenvalue weighted by Gasteiger charge is -2.44. The van der Waals surface area contributed by atoms with Crippen molar-refractivity contribution in [2.75, 3.05) is 0 Å². The van der Waals surface area contributed by atoms with Crippen LogP contribution in [0.4, 0.5) is 0 Å². The van der Waals surface area contributed by atoms with Gasteiger partial charge in [-0.15, -0.1) is 0 Å². The lowest BCUT2D eigenvalue weighted by Crippen LogP contribution is -2.63. The van der Waals surface area contributed by atoms with Gasteiger partial charge in [-0.2, -0.15) is 0 Å². The summed E-state index contributed by atoms with van der Waals surface area (Å²) in [6, 6.07) is 22.2. The average Bonchev–Trinajstić information content (AvgIpc) is 2.68. The smallest absolute Gasteiger partial charge is 0.146 e. The Balaban J connectivity index is 2.22. The number of rotatable bonds is 4. The molecule has 2 aromatic carbocycles. The molecule has 1 fully saturated rings. The summed E-state index contributed by atoms with van der Waals surface area (Å²) < 4.78 is 0. The fourth-order valence-corrected chi connectivity index (χ4v) is 10.3. The second kappa shape index (κ2) is 8.38. The van der Waals surface area contributed by atoms with Crippen molar-refractivity contribution in [2.45, 2.75) is 65.0 Å². The first kappa shape index (κ1) is 21.1. The number of aliphatic hydroxyl groups is 1. The van der Waals surface area contributed by atoms with Crippen molar-refractivity contribution in [3.8, 4) is 0 Å². The first-order valence-electron chi connectivity index (χ1n) is 10.8. The molecule has 0 aliphatic heterocycles. The van der Waals surface area contributed by atoms with Gasteiger partial charge in [-0.05, 0) is 40.1 Å². The summed E-state index contributed by atoms with van der Waals surface area (Å²) in [5.74, 6) is 0.973. The van der Waals surface area contributed by atoms with Gasteiger partial charge in [0.05, 0.1) is 6.10 Å². The van der Waals surface area contributed by atoms with Crippen molar-refractivity contribution < 1.29 is 5.11 Å². The SMILES string of the molecule is CC[C@@H]1C[C@@H](C)/C(=C/[Si](c2ccccc2)(c2ccccc2)C(C)(C)C)C[C@H]1O. The normalized spacial score (nSPS) is 25.1. The summed E-state index contributed by atoms with van der Waals surface area (Å²) in [4.78, 5) is 0. The number of benzene rings is 2. The van der Waals surface area contributed by atoms with E-state index >= 15 is 0 Å². The molecule has 0 saturated heterocycles. The molecule has 0 radical (unpaired) electrons. The molecule has 1 N–H and O–H groups in total. The van der Waals surface area contributed by atoms with E-state index in [9.17, 15) is 5.11 Å². The highest BCUT2D eigenvalue weighted by Gasteiger charge is 2.47. The van der Waals surface area contributed by atoms with Crippen LogP contribution in [-0.4, -0.2) is 19.3 Å². The van der Waals surface area contributed by atoms with Gasteiger partial charge in [-0.1, -0.05) is 113 Å². The van der Waals surface area contributed by atoms with Crippen LogP contribution in [0.15, 0.2) is 71.9 Å². The van der Waals surface area contributed by atoms with Gasteiger partial charge in [-0.3, -0.25) is 0 Å². The lowest BCUT2D eigenvalue weighted by atomic mass is 9.76. The highest BCUT2D eigenvalue weighted by atomic mass is 28.3. The lowest BCUT2D eigenvalue weighted by molar-refractivity contribution is 0.0735. The molecule has 0 heterocycles. The molecule has 1 saturated carbocycles. The zero-order chi connectivity index (χ0) is 20.4. The summed E-state index contributed by atoms with van der Waals surface area (Å²) in [6.07, 6.45) is 2.79. The first-order chi connectivity index (χ1) is 13.3. The molecule has 0 amide bonds. The van der Waals surface area contributed by atoms with E-state index < -0.39 is 8.07 Å². The fourth-order valence-electron chi connectivity index (χ4n) is 5.11. The summed E-state index contributed by atoms with van der Waals surface area (Å²) in [6.45, 7) is 11.8. The molecule has 2 heteroatoms. The molecule has 3 atom stereocenters. The predicted octanol–water partition coefficient (Wildman–Crippen LogP) is 5.33. The van der Waals surface area contributed by atoms with Crippen LogP contribution >= 0.6 is 0 Å². The Labute approximate surface area is 172 Å². The topological polar surface area (TPSA) is 20.2 Å². The quantitative estimate of drug-likeness (QED) is 0.697. The third kappa shape index (κ3) is 3.90. The van der Waals surface area contributed by atoms with E-state index in [1.165, 1.54) is 15.9 Å². The van der Waals surface area contributed by atoms with Gasteiger partial charge in [0.25, 0.3) is 0 Å². The molecule has 1 aliphatic carbocycles. The summed E-state index contributed by atoms with van der Waals surface area (Å²) in [5, 5.41) is 13.8. The minimum Gasteiger partial charge on any atom is -0.393 e. The third-order valence-corrected chi connectivity index (χ3v) is 12.5. The molecular formula is C26H36OSi. The van der Waals surface area contributed by atoms with E-state index in [-0.39, 0.29) is 11.1 Å². The molecule has 3 rings (SSSR count). The van der Waals surface area contributed by atoms with E-state index in [2.05, 4.69) is 101 Å². The van der Waals surface area contributed by atoms with Gasteiger partial charge in [0.2, 0.25) is 0 Å². The number of hydrogen-bond donors (Lipinski definition) is 1. The maximum absolute atomic E-state index is 10.8. The van der Waals surface area contributed by atoms with E-state index in [1.807, 2.05) is 0 Å². The zero-order valence-electron chi connectivity index (χ0n) is 18.2. The van der Waals surface area contributed by atoms with Crippen LogP contribution < -0.4 is 10.4 Å². The van der Waals surface area contributed by atoms with Gasteiger partial charge >= 0.3 is 0 Å². The Kier molecular flexibility index (Phi) is 6.31. The summed E-state index contributed by atoms with van der Waals surface area (Å²) in [5.41, 5.74) is 4.11. The van der Waals surface area contributed by atoms with Crippen LogP contribution in [0.1, 0.15) is 53.9 Å². The Hall–Kier alpha value is -1.64. The minimum atomic E-state index is -2.21. The predicted molar refractivity (Wildman–Crippen MR) is 124 cm³/mol. The van der Waals surface area contributed by atoms with Gasteiger partial charge in [0.1, 0.15) is 8.07 Å². The second-order valence-electron chi connectivity index (χ2n) is 9.59. The van der Waals surface area contributed by atoms with Crippen molar-refractivity contribution in [1.82, 2.24) is 0 Å². The molecule has 0 aromatic heterocycles. The average molecular weight is 393 g/mol. The highest BCUT2D eigenvalue weighted by Crippen LogP contribution is 2.41. The Morgan fingerprint density at radius 3 is 1.89 bits per heavy atom. The molecule has 0 unspecified atom stereocenters. The monoisotopic (exact) mass is 392 g/mol. The van der Waals surface area contributed by atoms with Gasteiger partial charge in [0, 0.05) is 0 Å². The van der Waals surface area contributed by atoms with E-state index in [1.54, 1.807) is 0 Å².